The third-order valence-corrected chi connectivity index (χ3v) is 4.12. The Bertz CT molecular complexity index is 640. The van der Waals surface area contributed by atoms with E-state index < -0.39 is 11.8 Å². The molecule has 1 fully saturated rings. The van der Waals surface area contributed by atoms with Gasteiger partial charge in [0.2, 0.25) is 5.91 Å². The first-order valence-electron chi connectivity index (χ1n) is 7.11. The van der Waals surface area contributed by atoms with Gasteiger partial charge in [0.25, 0.3) is 11.8 Å². The molecule has 0 aliphatic carbocycles. The molecule has 1 unspecified atom stereocenters. The SMILES string of the molecule is O=C(CN1C(=O)c2cccc(Cl)c2C1=O)NCC1CCCO1. The van der Waals surface area contributed by atoms with Gasteiger partial charge in [0.1, 0.15) is 6.54 Å². The maximum Gasteiger partial charge on any atom is 0.263 e. The predicted molar refractivity (Wildman–Crippen MR) is 78.8 cm³/mol. The molecule has 1 aromatic rings. The minimum atomic E-state index is -0.530. The molecular formula is C15H15ClN2O4. The van der Waals surface area contributed by atoms with E-state index in [4.69, 9.17) is 16.3 Å². The van der Waals surface area contributed by atoms with Crippen molar-refractivity contribution in [2.24, 2.45) is 0 Å². The number of hydrogen-bond donors (Lipinski definition) is 1. The van der Waals surface area contributed by atoms with E-state index in [2.05, 4.69) is 5.32 Å². The van der Waals surface area contributed by atoms with E-state index in [1.807, 2.05) is 0 Å². The number of hydrogen-bond acceptors (Lipinski definition) is 4. The topological polar surface area (TPSA) is 75.7 Å². The number of nitrogens with zero attached hydrogens (tertiary/aromatic N) is 1. The fourth-order valence-electron chi connectivity index (χ4n) is 2.67. The summed E-state index contributed by atoms with van der Waals surface area (Å²) in [5.74, 6) is -1.41. The summed E-state index contributed by atoms with van der Waals surface area (Å²) in [6, 6.07) is 4.69. The van der Waals surface area contributed by atoms with Crippen LogP contribution in [-0.4, -0.2) is 48.4 Å². The van der Waals surface area contributed by atoms with Crippen molar-refractivity contribution in [1.29, 1.82) is 0 Å². The van der Waals surface area contributed by atoms with Crippen LogP contribution in [0, 0.1) is 0 Å². The lowest BCUT2D eigenvalue weighted by atomic mass is 10.1. The maximum atomic E-state index is 12.2. The molecule has 1 saturated heterocycles. The van der Waals surface area contributed by atoms with Crippen LogP contribution >= 0.6 is 11.6 Å². The van der Waals surface area contributed by atoms with E-state index >= 15 is 0 Å². The van der Waals surface area contributed by atoms with Gasteiger partial charge in [-0.15, -0.1) is 0 Å². The monoisotopic (exact) mass is 322 g/mol. The molecule has 6 nitrogen and oxygen atoms in total. The van der Waals surface area contributed by atoms with Crippen molar-refractivity contribution < 1.29 is 19.1 Å². The molecule has 2 heterocycles. The number of imide groups is 1. The molecule has 0 radical (unpaired) electrons. The molecule has 3 amide bonds. The zero-order valence-corrected chi connectivity index (χ0v) is 12.6. The van der Waals surface area contributed by atoms with Crippen molar-refractivity contribution in [1.82, 2.24) is 10.2 Å². The molecule has 0 aromatic heterocycles. The molecule has 3 rings (SSSR count). The number of rotatable bonds is 4. The number of carbonyl (C=O) groups excluding carboxylic acids is 3. The Balaban J connectivity index is 1.64. The normalized spacial score (nSPS) is 20.4. The average molecular weight is 323 g/mol. The second-order valence-electron chi connectivity index (χ2n) is 5.30. The summed E-state index contributed by atoms with van der Waals surface area (Å²) in [7, 11) is 0. The van der Waals surface area contributed by atoms with Gasteiger partial charge in [-0.1, -0.05) is 17.7 Å². The number of ether oxygens (including phenoxy) is 1. The summed E-state index contributed by atoms with van der Waals surface area (Å²) in [6.45, 7) is 0.787. The molecule has 2 aliphatic rings. The number of benzene rings is 1. The molecule has 1 N–H and O–H groups in total. The van der Waals surface area contributed by atoms with Crippen LogP contribution in [0.3, 0.4) is 0 Å². The highest BCUT2D eigenvalue weighted by molar-refractivity contribution is 6.37. The summed E-state index contributed by atoms with van der Waals surface area (Å²) in [5, 5.41) is 2.91. The molecule has 0 spiro atoms. The smallest absolute Gasteiger partial charge is 0.263 e. The first kappa shape index (κ1) is 15.0. The molecule has 22 heavy (non-hydrogen) atoms. The number of amides is 3. The summed E-state index contributed by atoms with van der Waals surface area (Å²) in [4.78, 5) is 37.3. The van der Waals surface area contributed by atoms with Gasteiger partial charge in [-0.2, -0.15) is 0 Å². The molecule has 1 atom stereocenters. The minimum Gasteiger partial charge on any atom is -0.376 e. The van der Waals surface area contributed by atoms with Gasteiger partial charge in [0, 0.05) is 13.2 Å². The second kappa shape index (κ2) is 6.06. The zero-order chi connectivity index (χ0) is 15.7. The number of carbonyl (C=O) groups is 3. The quantitative estimate of drug-likeness (QED) is 0.846. The Morgan fingerprint density at radius 1 is 1.36 bits per heavy atom. The zero-order valence-electron chi connectivity index (χ0n) is 11.8. The third-order valence-electron chi connectivity index (χ3n) is 3.80. The molecule has 116 valence electrons. The van der Waals surface area contributed by atoms with Crippen molar-refractivity contribution in [3.8, 4) is 0 Å². The summed E-state index contributed by atoms with van der Waals surface area (Å²) in [6.07, 6.45) is 1.90. The number of halogens is 1. The van der Waals surface area contributed by atoms with Crippen molar-refractivity contribution in [3.63, 3.8) is 0 Å². The first-order chi connectivity index (χ1) is 10.6. The standard InChI is InChI=1S/C15H15ClN2O4/c16-11-5-1-4-10-13(11)15(21)18(14(10)20)8-12(19)17-7-9-3-2-6-22-9/h1,4-5,9H,2-3,6-8H2,(H,17,19). The number of nitrogens with one attached hydrogen (secondary N) is 1. The molecule has 1 aromatic carbocycles. The average Bonchev–Trinajstić information content (AvgIpc) is 3.09. The van der Waals surface area contributed by atoms with Crippen LogP contribution in [0.25, 0.3) is 0 Å². The lowest BCUT2D eigenvalue weighted by Gasteiger charge is -2.15. The minimum absolute atomic E-state index is 0.0144. The van der Waals surface area contributed by atoms with Gasteiger partial charge < -0.3 is 10.1 Å². The highest BCUT2D eigenvalue weighted by atomic mass is 35.5. The van der Waals surface area contributed by atoms with Crippen molar-refractivity contribution in [2.75, 3.05) is 19.7 Å². The van der Waals surface area contributed by atoms with Crippen LogP contribution in [0.1, 0.15) is 33.6 Å². The van der Waals surface area contributed by atoms with E-state index in [-0.39, 0.29) is 34.7 Å². The Morgan fingerprint density at radius 3 is 2.86 bits per heavy atom. The largest absolute Gasteiger partial charge is 0.376 e. The summed E-state index contributed by atoms with van der Waals surface area (Å²) >= 11 is 5.96. The van der Waals surface area contributed by atoms with Crippen molar-refractivity contribution in [3.05, 3.63) is 34.3 Å². The Morgan fingerprint density at radius 2 is 2.18 bits per heavy atom. The molecule has 2 aliphatic heterocycles. The van der Waals surface area contributed by atoms with Gasteiger partial charge >= 0.3 is 0 Å². The predicted octanol–water partition coefficient (Wildman–Crippen LogP) is 1.23. The third kappa shape index (κ3) is 2.71. The number of fused-ring (bicyclic) bond motifs is 1. The fraction of sp³-hybridized carbons (Fsp3) is 0.400. The highest BCUT2D eigenvalue weighted by Gasteiger charge is 2.38. The maximum absolute atomic E-state index is 12.2. The molecular weight excluding hydrogens is 308 g/mol. The van der Waals surface area contributed by atoms with Gasteiger partial charge in [0.15, 0.2) is 0 Å². The Labute approximate surface area is 132 Å². The van der Waals surface area contributed by atoms with E-state index in [0.717, 1.165) is 17.7 Å². The summed E-state index contributed by atoms with van der Waals surface area (Å²) in [5.41, 5.74) is 0.408. The fourth-order valence-corrected chi connectivity index (χ4v) is 2.92. The van der Waals surface area contributed by atoms with Crippen LogP contribution in [0.4, 0.5) is 0 Å². The molecule has 0 saturated carbocycles. The molecule has 7 heteroatoms. The van der Waals surface area contributed by atoms with Gasteiger partial charge in [0.05, 0.1) is 22.3 Å². The molecule has 0 bridgehead atoms. The Kier molecular flexibility index (Phi) is 4.13. The van der Waals surface area contributed by atoms with Gasteiger partial charge in [-0.25, -0.2) is 0 Å². The van der Waals surface area contributed by atoms with Crippen LogP contribution in [0.5, 0.6) is 0 Å². The van der Waals surface area contributed by atoms with Crippen LogP contribution in [0.2, 0.25) is 5.02 Å². The second-order valence-corrected chi connectivity index (χ2v) is 5.71. The van der Waals surface area contributed by atoms with Gasteiger partial charge in [-0.3, -0.25) is 19.3 Å². The van der Waals surface area contributed by atoms with E-state index in [1.54, 1.807) is 12.1 Å². The van der Waals surface area contributed by atoms with E-state index in [1.165, 1.54) is 6.07 Å². The lowest BCUT2D eigenvalue weighted by Crippen LogP contribution is -2.42. The van der Waals surface area contributed by atoms with Crippen LogP contribution in [-0.2, 0) is 9.53 Å². The van der Waals surface area contributed by atoms with Crippen LogP contribution in [0.15, 0.2) is 18.2 Å². The van der Waals surface area contributed by atoms with Gasteiger partial charge in [-0.05, 0) is 25.0 Å². The van der Waals surface area contributed by atoms with Crippen molar-refractivity contribution in [2.45, 2.75) is 18.9 Å². The van der Waals surface area contributed by atoms with Crippen molar-refractivity contribution >= 4 is 29.3 Å². The van der Waals surface area contributed by atoms with E-state index in [0.29, 0.717) is 13.2 Å². The lowest BCUT2D eigenvalue weighted by molar-refractivity contribution is -0.121. The first-order valence-corrected chi connectivity index (χ1v) is 7.48. The Hall–Kier alpha value is -1.92. The summed E-state index contributed by atoms with van der Waals surface area (Å²) < 4.78 is 5.40. The van der Waals surface area contributed by atoms with Crippen LogP contribution < -0.4 is 5.32 Å². The highest BCUT2D eigenvalue weighted by Crippen LogP contribution is 2.28. The van der Waals surface area contributed by atoms with E-state index in [9.17, 15) is 14.4 Å².